The summed E-state index contributed by atoms with van der Waals surface area (Å²) in [6, 6.07) is 10.8. The highest BCUT2D eigenvalue weighted by atomic mass is 16.5. The van der Waals surface area contributed by atoms with Gasteiger partial charge in [-0.15, -0.1) is 0 Å². The van der Waals surface area contributed by atoms with Crippen molar-refractivity contribution in [2.75, 3.05) is 7.11 Å². The van der Waals surface area contributed by atoms with E-state index >= 15 is 0 Å². The lowest BCUT2D eigenvalue weighted by Gasteiger charge is -2.13. The second-order valence-electron chi connectivity index (χ2n) is 5.53. The topological polar surface area (TPSA) is 33.0 Å². The Morgan fingerprint density at radius 2 is 2.35 bits per heavy atom. The van der Waals surface area contributed by atoms with Crippen molar-refractivity contribution in [2.24, 2.45) is 17.3 Å². The van der Waals surface area contributed by atoms with E-state index in [1.807, 2.05) is 12.1 Å². The Morgan fingerprint density at radius 3 is 3.06 bits per heavy atom. The molecule has 0 bridgehead atoms. The van der Waals surface area contributed by atoms with Gasteiger partial charge in [0.25, 0.3) is 0 Å². The van der Waals surface area contributed by atoms with Gasteiger partial charge in [0.2, 0.25) is 0 Å². The fourth-order valence-electron chi connectivity index (χ4n) is 3.41. The molecule has 2 fully saturated rings. The van der Waals surface area contributed by atoms with Crippen LogP contribution in [0.1, 0.15) is 24.8 Å². The van der Waals surface area contributed by atoms with Crippen LogP contribution in [0.2, 0.25) is 0 Å². The number of hydrogen-bond donors (Lipinski definition) is 0. The molecule has 1 aromatic carbocycles. The fourth-order valence-corrected chi connectivity index (χ4v) is 3.41. The van der Waals surface area contributed by atoms with Crippen molar-refractivity contribution in [2.45, 2.75) is 25.7 Å². The zero-order chi connectivity index (χ0) is 11.9. The van der Waals surface area contributed by atoms with Crippen molar-refractivity contribution in [1.82, 2.24) is 0 Å². The third kappa shape index (κ3) is 1.80. The van der Waals surface area contributed by atoms with Crippen molar-refractivity contribution in [1.29, 1.82) is 5.26 Å². The number of methoxy groups -OCH3 is 1. The van der Waals surface area contributed by atoms with Crippen LogP contribution in [0.15, 0.2) is 24.3 Å². The molecule has 2 saturated carbocycles. The van der Waals surface area contributed by atoms with Crippen molar-refractivity contribution in [3.8, 4) is 11.8 Å². The number of hydrogen-bond acceptors (Lipinski definition) is 2. The van der Waals surface area contributed by atoms with E-state index < -0.39 is 0 Å². The molecule has 2 aliphatic rings. The molecule has 88 valence electrons. The average Bonchev–Trinajstić information content (AvgIpc) is 2.93. The van der Waals surface area contributed by atoms with Crippen LogP contribution in [-0.2, 0) is 6.42 Å². The Bertz CT molecular complexity index is 476. The van der Waals surface area contributed by atoms with Gasteiger partial charge in [0.1, 0.15) is 5.75 Å². The Balaban J connectivity index is 1.67. The molecule has 3 atom stereocenters. The molecule has 0 heterocycles. The number of nitriles is 1. The van der Waals surface area contributed by atoms with Gasteiger partial charge in [-0.05, 0) is 55.2 Å². The molecule has 2 nitrogen and oxygen atoms in total. The lowest BCUT2D eigenvalue weighted by Crippen LogP contribution is -2.04. The summed E-state index contributed by atoms with van der Waals surface area (Å²) >= 11 is 0. The van der Waals surface area contributed by atoms with E-state index in [2.05, 4.69) is 18.2 Å². The number of fused-ring (bicyclic) bond motifs is 1. The molecule has 0 N–H and O–H groups in total. The van der Waals surface area contributed by atoms with Gasteiger partial charge in [0.05, 0.1) is 18.6 Å². The molecular formula is C15H17NO. The third-order valence-electron chi connectivity index (χ3n) is 4.38. The first-order chi connectivity index (χ1) is 8.25. The third-order valence-corrected chi connectivity index (χ3v) is 4.38. The molecule has 0 radical (unpaired) electrons. The van der Waals surface area contributed by atoms with Crippen LogP contribution < -0.4 is 4.74 Å². The maximum atomic E-state index is 9.16. The summed E-state index contributed by atoms with van der Waals surface area (Å²) in [5.74, 6) is 2.32. The molecule has 0 aliphatic heterocycles. The van der Waals surface area contributed by atoms with Gasteiger partial charge in [0, 0.05) is 0 Å². The van der Waals surface area contributed by atoms with Gasteiger partial charge < -0.3 is 4.74 Å². The maximum absolute atomic E-state index is 9.16. The summed E-state index contributed by atoms with van der Waals surface area (Å²) < 4.78 is 5.24. The van der Waals surface area contributed by atoms with E-state index in [1.54, 1.807) is 7.11 Å². The molecule has 17 heavy (non-hydrogen) atoms. The highest BCUT2D eigenvalue weighted by Gasteiger charge is 2.60. The maximum Gasteiger partial charge on any atom is 0.119 e. The quantitative estimate of drug-likeness (QED) is 0.794. The van der Waals surface area contributed by atoms with Crippen LogP contribution in [0.4, 0.5) is 0 Å². The number of benzene rings is 1. The van der Waals surface area contributed by atoms with Crippen molar-refractivity contribution in [3.05, 3.63) is 29.8 Å². The van der Waals surface area contributed by atoms with Crippen LogP contribution in [0.25, 0.3) is 0 Å². The summed E-state index contributed by atoms with van der Waals surface area (Å²) in [5.41, 5.74) is 1.41. The average molecular weight is 227 g/mol. The van der Waals surface area contributed by atoms with Gasteiger partial charge >= 0.3 is 0 Å². The SMILES string of the molecule is COc1cccc(CC2CC3CC3(C#N)C2)c1. The number of ether oxygens (including phenoxy) is 1. The first-order valence-corrected chi connectivity index (χ1v) is 6.30. The molecule has 3 rings (SSSR count). The first kappa shape index (κ1) is 10.7. The molecule has 3 unspecified atom stereocenters. The molecule has 0 amide bonds. The number of rotatable bonds is 3. The molecule has 2 heteroatoms. The summed E-state index contributed by atoms with van der Waals surface area (Å²) in [6.07, 6.45) is 4.59. The van der Waals surface area contributed by atoms with E-state index in [0.717, 1.165) is 25.0 Å². The van der Waals surface area contributed by atoms with Crippen LogP contribution in [0.3, 0.4) is 0 Å². The van der Waals surface area contributed by atoms with Crippen molar-refractivity contribution >= 4 is 0 Å². The molecule has 0 aromatic heterocycles. The molecule has 1 aromatic rings. The highest BCUT2D eigenvalue weighted by molar-refractivity contribution is 5.29. The van der Waals surface area contributed by atoms with E-state index in [-0.39, 0.29) is 5.41 Å². The highest BCUT2D eigenvalue weighted by Crippen LogP contribution is 2.65. The Hall–Kier alpha value is -1.49. The van der Waals surface area contributed by atoms with Gasteiger partial charge in [-0.3, -0.25) is 0 Å². The summed E-state index contributed by atoms with van der Waals surface area (Å²) in [5, 5.41) is 9.16. The zero-order valence-corrected chi connectivity index (χ0v) is 10.1. The van der Waals surface area contributed by atoms with Crippen LogP contribution in [-0.4, -0.2) is 7.11 Å². The first-order valence-electron chi connectivity index (χ1n) is 6.30. The van der Waals surface area contributed by atoms with Crippen LogP contribution in [0.5, 0.6) is 5.75 Å². The van der Waals surface area contributed by atoms with Gasteiger partial charge in [-0.25, -0.2) is 0 Å². The van der Waals surface area contributed by atoms with Crippen LogP contribution in [0, 0.1) is 28.6 Å². The van der Waals surface area contributed by atoms with E-state index in [9.17, 15) is 0 Å². The normalized spacial score (nSPS) is 33.9. The minimum Gasteiger partial charge on any atom is -0.497 e. The largest absolute Gasteiger partial charge is 0.497 e. The van der Waals surface area contributed by atoms with Crippen molar-refractivity contribution in [3.63, 3.8) is 0 Å². The lowest BCUT2D eigenvalue weighted by molar-refractivity contribution is 0.412. The molecule has 0 spiro atoms. The summed E-state index contributed by atoms with van der Waals surface area (Å²) in [6.45, 7) is 0. The predicted molar refractivity (Wildman–Crippen MR) is 65.6 cm³/mol. The molecule has 2 aliphatic carbocycles. The minimum absolute atomic E-state index is 0.0729. The predicted octanol–water partition coefficient (Wildman–Crippen LogP) is 3.18. The summed E-state index contributed by atoms with van der Waals surface area (Å²) in [4.78, 5) is 0. The van der Waals surface area contributed by atoms with Gasteiger partial charge in [-0.1, -0.05) is 12.1 Å². The zero-order valence-electron chi connectivity index (χ0n) is 10.1. The fraction of sp³-hybridized carbons (Fsp3) is 0.533. The minimum atomic E-state index is 0.0729. The second-order valence-corrected chi connectivity index (χ2v) is 5.53. The number of nitrogens with zero attached hydrogens (tertiary/aromatic N) is 1. The Morgan fingerprint density at radius 1 is 1.47 bits per heavy atom. The van der Waals surface area contributed by atoms with E-state index in [4.69, 9.17) is 10.00 Å². The molecular weight excluding hydrogens is 210 g/mol. The molecule has 0 saturated heterocycles. The lowest BCUT2D eigenvalue weighted by atomic mass is 9.92. The van der Waals surface area contributed by atoms with Gasteiger partial charge in [-0.2, -0.15) is 5.26 Å². The van der Waals surface area contributed by atoms with E-state index in [1.165, 1.54) is 12.0 Å². The van der Waals surface area contributed by atoms with Crippen LogP contribution >= 0.6 is 0 Å². The van der Waals surface area contributed by atoms with Crippen molar-refractivity contribution < 1.29 is 4.74 Å². The standard InChI is InChI=1S/C15H17NO/c1-17-14-4-2-3-11(7-14)5-12-6-13-9-15(13,8-12)10-16/h2-4,7,12-13H,5-6,8-9H2,1H3. The smallest absolute Gasteiger partial charge is 0.119 e. The Labute approximate surface area is 102 Å². The summed E-state index contributed by atoms with van der Waals surface area (Å²) in [7, 11) is 1.70. The Kier molecular flexibility index (Phi) is 2.36. The second kappa shape index (κ2) is 3.77. The monoisotopic (exact) mass is 227 g/mol. The van der Waals surface area contributed by atoms with Gasteiger partial charge in [0.15, 0.2) is 0 Å². The van der Waals surface area contributed by atoms with E-state index in [0.29, 0.717) is 11.8 Å².